The maximum absolute atomic E-state index is 3.60. The van der Waals surface area contributed by atoms with Crippen molar-refractivity contribution < 1.29 is 0 Å². The molecule has 1 unspecified atom stereocenters. The van der Waals surface area contributed by atoms with Crippen molar-refractivity contribution in [3.63, 3.8) is 0 Å². The van der Waals surface area contributed by atoms with Gasteiger partial charge in [-0.15, -0.1) is 0 Å². The van der Waals surface area contributed by atoms with Crippen molar-refractivity contribution in [2.45, 2.75) is 26.8 Å². The van der Waals surface area contributed by atoms with Crippen LogP contribution in [0.4, 0.5) is 5.69 Å². The van der Waals surface area contributed by atoms with E-state index in [0.29, 0.717) is 6.04 Å². The summed E-state index contributed by atoms with van der Waals surface area (Å²) in [5, 5.41) is 3.60. The fourth-order valence-corrected chi connectivity index (χ4v) is 2.61. The first-order valence-electron chi connectivity index (χ1n) is 7.84. The molecule has 1 N–H and O–H groups in total. The fourth-order valence-electron chi connectivity index (χ4n) is 2.61. The van der Waals surface area contributed by atoms with E-state index in [1.165, 1.54) is 16.8 Å². The number of anilines is 1. The zero-order chi connectivity index (χ0) is 15.1. The number of hydrogen-bond donors (Lipinski definition) is 1. The van der Waals surface area contributed by atoms with E-state index in [2.05, 4.69) is 85.6 Å². The van der Waals surface area contributed by atoms with Crippen molar-refractivity contribution in [2.24, 2.45) is 0 Å². The van der Waals surface area contributed by atoms with Crippen LogP contribution in [0, 0.1) is 6.92 Å². The molecule has 0 saturated heterocycles. The van der Waals surface area contributed by atoms with Crippen LogP contribution in [0.2, 0.25) is 0 Å². The second-order valence-corrected chi connectivity index (χ2v) is 5.40. The Morgan fingerprint density at radius 1 is 0.952 bits per heavy atom. The van der Waals surface area contributed by atoms with Crippen LogP contribution < -0.4 is 10.2 Å². The normalized spacial score (nSPS) is 12.1. The summed E-state index contributed by atoms with van der Waals surface area (Å²) in [7, 11) is 0. The van der Waals surface area contributed by atoms with Gasteiger partial charge in [-0.05, 0) is 38.1 Å². The molecule has 0 aliphatic heterocycles. The first kappa shape index (κ1) is 15.6. The van der Waals surface area contributed by atoms with Crippen molar-refractivity contribution in [3.05, 3.63) is 65.7 Å². The molecule has 2 heteroatoms. The van der Waals surface area contributed by atoms with Gasteiger partial charge in [-0.25, -0.2) is 0 Å². The molecule has 2 aromatic rings. The predicted molar refractivity (Wildman–Crippen MR) is 91.9 cm³/mol. The van der Waals surface area contributed by atoms with Gasteiger partial charge in [0, 0.05) is 24.8 Å². The van der Waals surface area contributed by atoms with E-state index in [0.717, 1.165) is 19.6 Å². The number of nitrogens with zero attached hydrogens (tertiary/aromatic N) is 1. The van der Waals surface area contributed by atoms with E-state index in [1.54, 1.807) is 0 Å². The molecule has 112 valence electrons. The van der Waals surface area contributed by atoms with Crippen molar-refractivity contribution in [1.29, 1.82) is 0 Å². The Hall–Kier alpha value is -1.80. The van der Waals surface area contributed by atoms with Crippen LogP contribution in [0.25, 0.3) is 0 Å². The lowest BCUT2D eigenvalue weighted by Gasteiger charge is -2.29. The molecule has 0 aliphatic rings. The Kier molecular flexibility index (Phi) is 5.82. The molecule has 0 aliphatic carbocycles. The van der Waals surface area contributed by atoms with Gasteiger partial charge in [-0.3, -0.25) is 0 Å². The molecule has 0 fully saturated rings. The lowest BCUT2D eigenvalue weighted by molar-refractivity contribution is 0.541. The van der Waals surface area contributed by atoms with E-state index >= 15 is 0 Å². The van der Waals surface area contributed by atoms with Crippen molar-refractivity contribution >= 4 is 5.69 Å². The highest BCUT2D eigenvalue weighted by Crippen LogP contribution is 2.20. The monoisotopic (exact) mass is 282 g/mol. The average Bonchev–Trinajstić information content (AvgIpc) is 2.53. The van der Waals surface area contributed by atoms with Crippen LogP contribution in [0.3, 0.4) is 0 Å². The van der Waals surface area contributed by atoms with E-state index in [-0.39, 0.29) is 0 Å². The summed E-state index contributed by atoms with van der Waals surface area (Å²) >= 11 is 0. The standard InChI is InChI=1S/C19H26N2/c1-4-20-19(17-9-7-6-8-10-17)15-21(5-2)18-13-11-16(3)12-14-18/h6-14,19-20H,4-5,15H2,1-3H3. The highest BCUT2D eigenvalue weighted by Gasteiger charge is 2.14. The second kappa shape index (κ2) is 7.84. The van der Waals surface area contributed by atoms with Crippen LogP contribution in [-0.2, 0) is 0 Å². The SMILES string of the molecule is CCNC(CN(CC)c1ccc(C)cc1)c1ccccc1. The molecule has 0 amide bonds. The van der Waals surface area contributed by atoms with Crippen LogP contribution in [0.15, 0.2) is 54.6 Å². The Labute approximate surface area is 128 Å². The molecule has 0 heterocycles. The number of likely N-dealkylation sites (N-methyl/N-ethyl adjacent to an activating group) is 2. The lowest BCUT2D eigenvalue weighted by atomic mass is 10.1. The molecule has 0 radical (unpaired) electrons. The molecular weight excluding hydrogens is 256 g/mol. The van der Waals surface area contributed by atoms with Crippen LogP contribution in [0.5, 0.6) is 0 Å². The van der Waals surface area contributed by atoms with Gasteiger partial charge in [0.25, 0.3) is 0 Å². The third-order valence-corrected chi connectivity index (χ3v) is 3.84. The molecule has 2 aromatic carbocycles. The number of benzene rings is 2. The number of hydrogen-bond acceptors (Lipinski definition) is 2. The Morgan fingerprint density at radius 3 is 2.19 bits per heavy atom. The van der Waals surface area contributed by atoms with E-state index < -0.39 is 0 Å². The highest BCUT2D eigenvalue weighted by molar-refractivity contribution is 5.47. The van der Waals surface area contributed by atoms with Gasteiger partial charge < -0.3 is 10.2 Å². The van der Waals surface area contributed by atoms with Crippen LogP contribution in [-0.4, -0.2) is 19.6 Å². The third kappa shape index (κ3) is 4.33. The molecule has 1 atom stereocenters. The molecule has 2 nitrogen and oxygen atoms in total. The van der Waals surface area contributed by atoms with Gasteiger partial charge in [-0.2, -0.15) is 0 Å². The summed E-state index contributed by atoms with van der Waals surface area (Å²) in [5.41, 5.74) is 3.95. The second-order valence-electron chi connectivity index (χ2n) is 5.40. The fraction of sp³-hybridized carbons (Fsp3) is 0.368. The van der Waals surface area contributed by atoms with Crippen molar-refractivity contribution in [2.75, 3.05) is 24.5 Å². The largest absolute Gasteiger partial charge is 0.370 e. The maximum atomic E-state index is 3.60. The lowest BCUT2D eigenvalue weighted by Crippen LogP contribution is -2.35. The minimum atomic E-state index is 0.359. The van der Waals surface area contributed by atoms with E-state index in [4.69, 9.17) is 0 Å². The van der Waals surface area contributed by atoms with E-state index in [9.17, 15) is 0 Å². The van der Waals surface area contributed by atoms with Gasteiger partial charge in [0.15, 0.2) is 0 Å². The summed E-state index contributed by atoms with van der Waals surface area (Å²) in [6.07, 6.45) is 0. The molecule has 0 aromatic heterocycles. The zero-order valence-electron chi connectivity index (χ0n) is 13.3. The van der Waals surface area contributed by atoms with Gasteiger partial charge in [0.05, 0.1) is 0 Å². The Balaban J connectivity index is 2.15. The summed E-state index contributed by atoms with van der Waals surface area (Å²) in [6, 6.07) is 19.9. The summed E-state index contributed by atoms with van der Waals surface area (Å²) in [5.74, 6) is 0. The number of aryl methyl sites for hydroxylation is 1. The Morgan fingerprint density at radius 2 is 1.62 bits per heavy atom. The predicted octanol–water partition coefficient (Wildman–Crippen LogP) is 4.17. The zero-order valence-corrected chi connectivity index (χ0v) is 13.3. The summed E-state index contributed by atoms with van der Waals surface area (Å²) in [6.45, 7) is 9.48. The van der Waals surface area contributed by atoms with Gasteiger partial charge >= 0.3 is 0 Å². The Bertz CT molecular complexity index is 519. The summed E-state index contributed by atoms with van der Waals surface area (Å²) in [4.78, 5) is 2.43. The van der Waals surface area contributed by atoms with Gasteiger partial charge in [0.1, 0.15) is 0 Å². The van der Waals surface area contributed by atoms with Gasteiger partial charge in [0.2, 0.25) is 0 Å². The minimum Gasteiger partial charge on any atom is -0.370 e. The quantitative estimate of drug-likeness (QED) is 0.820. The smallest absolute Gasteiger partial charge is 0.0498 e. The maximum Gasteiger partial charge on any atom is 0.0498 e. The first-order valence-corrected chi connectivity index (χ1v) is 7.84. The first-order chi connectivity index (χ1) is 10.2. The van der Waals surface area contributed by atoms with Crippen molar-refractivity contribution in [3.8, 4) is 0 Å². The highest BCUT2D eigenvalue weighted by atomic mass is 15.1. The molecule has 0 spiro atoms. The number of nitrogens with one attached hydrogen (secondary N) is 1. The molecule has 2 rings (SSSR count). The molecule has 21 heavy (non-hydrogen) atoms. The third-order valence-electron chi connectivity index (χ3n) is 3.84. The number of rotatable bonds is 7. The minimum absolute atomic E-state index is 0.359. The van der Waals surface area contributed by atoms with Crippen LogP contribution >= 0.6 is 0 Å². The van der Waals surface area contributed by atoms with Gasteiger partial charge in [-0.1, -0.05) is 55.0 Å². The molecular formula is C19H26N2. The molecule has 0 saturated carbocycles. The topological polar surface area (TPSA) is 15.3 Å². The van der Waals surface area contributed by atoms with Crippen molar-refractivity contribution in [1.82, 2.24) is 5.32 Å². The summed E-state index contributed by atoms with van der Waals surface area (Å²) < 4.78 is 0. The van der Waals surface area contributed by atoms with Crippen LogP contribution in [0.1, 0.15) is 31.0 Å². The van der Waals surface area contributed by atoms with E-state index in [1.807, 2.05) is 0 Å². The molecule has 0 bridgehead atoms. The average molecular weight is 282 g/mol.